The van der Waals surface area contributed by atoms with Crippen LogP contribution in [0.5, 0.6) is 0 Å². The number of amides is 1. The molecule has 1 saturated carbocycles. The van der Waals surface area contributed by atoms with Crippen molar-refractivity contribution in [2.75, 3.05) is 16.0 Å². The van der Waals surface area contributed by atoms with Gasteiger partial charge in [-0.05, 0) is 76.6 Å². The zero-order chi connectivity index (χ0) is 22.0. The van der Waals surface area contributed by atoms with E-state index in [4.69, 9.17) is 9.97 Å². The summed E-state index contributed by atoms with van der Waals surface area (Å²) in [5, 5.41) is 17.4. The van der Waals surface area contributed by atoms with Crippen molar-refractivity contribution in [1.82, 2.24) is 20.2 Å². The molecule has 1 fully saturated rings. The maximum Gasteiger partial charge on any atom is 0.227 e. The number of rotatable bonds is 8. The van der Waals surface area contributed by atoms with Crippen LogP contribution in [0.15, 0.2) is 40.4 Å². The van der Waals surface area contributed by atoms with E-state index in [1.165, 1.54) is 11.8 Å². The summed E-state index contributed by atoms with van der Waals surface area (Å²) in [5.41, 5.74) is 2.71. The highest BCUT2D eigenvalue weighted by Gasteiger charge is 2.29. The SMILES string of the molecule is Cc1cc(Nc2nc(Sc3ccc(NC(=O)C4CC4)cc3)nc(NC(C)C)c2C)n[nH]1. The lowest BCUT2D eigenvalue weighted by molar-refractivity contribution is -0.117. The number of anilines is 4. The molecule has 2 heterocycles. The van der Waals surface area contributed by atoms with E-state index in [0.29, 0.717) is 16.8 Å². The largest absolute Gasteiger partial charge is 0.367 e. The normalized spacial score (nSPS) is 13.3. The van der Waals surface area contributed by atoms with Crippen molar-refractivity contribution >= 4 is 40.8 Å². The van der Waals surface area contributed by atoms with Crippen LogP contribution in [0.25, 0.3) is 0 Å². The van der Waals surface area contributed by atoms with Gasteiger partial charge in [0.15, 0.2) is 11.0 Å². The van der Waals surface area contributed by atoms with Gasteiger partial charge in [0.2, 0.25) is 5.91 Å². The van der Waals surface area contributed by atoms with Crippen LogP contribution in [0.1, 0.15) is 37.9 Å². The molecule has 1 aliphatic carbocycles. The predicted octanol–water partition coefficient (Wildman–Crippen LogP) is 4.88. The number of nitrogens with one attached hydrogen (secondary N) is 4. The highest BCUT2D eigenvalue weighted by molar-refractivity contribution is 7.99. The molecule has 4 N–H and O–H groups in total. The van der Waals surface area contributed by atoms with Crippen molar-refractivity contribution in [3.8, 4) is 0 Å². The zero-order valence-electron chi connectivity index (χ0n) is 18.1. The molecular weight excluding hydrogens is 410 g/mol. The average Bonchev–Trinajstić information content (AvgIpc) is 3.49. The Morgan fingerprint density at radius 2 is 1.84 bits per heavy atom. The van der Waals surface area contributed by atoms with Crippen LogP contribution in [0.3, 0.4) is 0 Å². The summed E-state index contributed by atoms with van der Waals surface area (Å²) in [6, 6.07) is 9.93. The summed E-state index contributed by atoms with van der Waals surface area (Å²) in [6.45, 7) is 8.09. The first-order chi connectivity index (χ1) is 14.9. The smallest absolute Gasteiger partial charge is 0.227 e. The summed E-state index contributed by atoms with van der Waals surface area (Å²) < 4.78 is 0. The van der Waals surface area contributed by atoms with Crippen molar-refractivity contribution in [2.45, 2.75) is 56.6 Å². The van der Waals surface area contributed by atoms with E-state index in [1.54, 1.807) is 0 Å². The summed E-state index contributed by atoms with van der Waals surface area (Å²) in [6.07, 6.45) is 1.98. The van der Waals surface area contributed by atoms with E-state index in [9.17, 15) is 4.79 Å². The van der Waals surface area contributed by atoms with Crippen LogP contribution in [0.4, 0.5) is 23.1 Å². The van der Waals surface area contributed by atoms with Gasteiger partial charge in [-0.25, -0.2) is 9.97 Å². The van der Waals surface area contributed by atoms with E-state index in [2.05, 4.69) is 40.0 Å². The topological polar surface area (TPSA) is 108 Å². The third kappa shape index (κ3) is 5.55. The van der Waals surface area contributed by atoms with Crippen molar-refractivity contribution < 1.29 is 4.79 Å². The molecule has 0 unspecified atom stereocenters. The summed E-state index contributed by atoms with van der Waals surface area (Å²) in [7, 11) is 0. The molecule has 162 valence electrons. The lowest BCUT2D eigenvalue weighted by Gasteiger charge is -2.16. The summed E-state index contributed by atoms with van der Waals surface area (Å²) in [4.78, 5) is 22.4. The number of carbonyl (C=O) groups excluding carboxylic acids is 1. The first kappa shape index (κ1) is 21.2. The molecule has 4 rings (SSSR count). The molecule has 0 radical (unpaired) electrons. The standard InChI is InChI=1S/C22H27N7OS/c1-12(2)23-19-14(4)20(25-18-11-13(3)28-29-18)27-22(26-19)31-17-9-7-16(8-10-17)24-21(30)15-5-6-15/h7-12,15H,5-6H2,1-4H3,(H,24,30)(H3,23,25,26,27,28,29). The Kier molecular flexibility index (Phi) is 6.13. The molecule has 31 heavy (non-hydrogen) atoms. The van der Waals surface area contributed by atoms with Crippen molar-refractivity contribution in [3.63, 3.8) is 0 Å². The first-order valence-electron chi connectivity index (χ1n) is 10.4. The molecule has 1 aliphatic rings. The molecule has 0 atom stereocenters. The summed E-state index contributed by atoms with van der Waals surface area (Å²) in [5.74, 6) is 2.50. The molecule has 2 aromatic heterocycles. The number of benzene rings is 1. The third-order valence-electron chi connectivity index (χ3n) is 4.78. The van der Waals surface area contributed by atoms with Gasteiger partial charge < -0.3 is 16.0 Å². The lowest BCUT2D eigenvalue weighted by atomic mass is 10.3. The molecule has 0 saturated heterocycles. The van der Waals surface area contributed by atoms with Gasteiger partial charge >= 0.3 is 0 Å². The monoisotopic (exact) mass is 437 g/mol. The molecular formula is C22H27N7OS. The number of aryl methyl sites for hydroxylation is 1. The second-order valence-electron chi connectivity index (χ2n) is 8.08. The van der Waals surface area contributed by atoms with Crippen LogP contribution < -0.4 is 16.0 Å². The van der Waals surface area contributed by atoms with Gasteiger partial charge in [0, 0.05) is 39.9 Å². The highest BCUT2D eigenvalue weighted by atomic mass is 32.2. The molecule has 1 aromatic carbocycles. The van der Waals surface area contributed by atoms with Gasteiger partial charge in [-0.2, -0.15) is 5.10 Å². The highest BCUT2D eigenvalue weighted by Crippen LogP contribution is 2.33. The van der Waals surface area contributed by atoms with Gasteiger partial charge in [0.1, 0.15) is 11.6 Å². The van der Waals surface area contributed by atoms with Gasteiger partial charge in [-0.15, -0.1) is 0 Å². The third-order valence-corrected chi connectivity index (χ3v) is 5.66. The number of aromatic nitrogens is 4. The fraction of sp³-hybridized carbons (Fsp3) is 0.364. The average molecular weight is 438 g/mol. The fourth-order valence-electron chi connectivity index (χ4n) is 2.98. The lowest BCUT2D eigenvalue weighted by Crippen LogP contribution is -2.14. The number of carbonyl (C=O) groups is 1. The van der Waals surface area contributed by atoms with Crippen LogP contribution in [0, 0.1) is 19.8 Å². The maximum absolute atomic E-state index is 11.9. The van der Waals surface area contributed by atoms with Gasteiger partial charge in [0.05, 0.1) is 0 Å². The number of aromatic amines is 1. The first-order valence-corrected chi connectivity index (χ1v) is 11.2. The number of hydrogen-bond donors (Lipinski definition) is 4. The molecule has 0 aliphatic heterocycles. The van der Waals surface area contributed by atoms with Crippen molar-refractivity contribution in [1.29, 1.82) is 0 Å². The molecule has 0 spiro atoms. The second-order valence-corrected chi connectivity index (χ2v) is 9.12. The molecule has 9 heteroatoms. The molecule has 8 nitrogen and oxygen atoms in total. The van der Waals surface area contributed by atoms with Gasteiger partial charge in [-0.3, -0.25) is 9.89 Å². The van der Waals surface area contributed by atoms with E-state index in [0.717, 1.165) is 40.5 Å². The molecule has 1 amide bonds. The fourth-order valence-corrected chi connectivity index (χ4v) is 3.74. The van der Waals surface area contributed by atoms with Crippen LogP contribution in [0.2, 0.25) is 0 Å². The molecule has 0 bridgehead atoms. The minimum atomic E-state index is 0.107. The minimum Gasteiger partial charge on any atom is -0.367 e. The van der Waals surface area contributed by atoms with E-state index in [1.807, 2.05) is 44.2 Å². The zero-order valence-corrected chi connectivity index (χ0v) is 18.9. The van der Waals surface area contributed by atoms with Crippen molar-refractivity contribution in [2.24, 2.45) is 5.92 Å². The second kappa shape index (κ2) is 8.97. The Labute approximate surface area is 186 Å². The molecule has 3 aromatic rings. The summed E-state index contributed by atoms with van der Waals surface area (Å²) >= 11 is 1.47. The number of H-pyrrole nitrogens is 1. The Morgan fingerprint density at radius 1 is 1.13 bits per heavy atom. The quantitative estimate of drug-likeness (QED) is 0.372. The van der Waals surface area contributed by atoms with Gasteiger partial charge in [0.25, 0.3) is 0 Å². The number of nitrogens with zero attached hydrogens (tertiary/aromatic N) is 3. The van der Waals surface area contributed by atoms with Crippen molar-refractivity contribution in [3.05, 3.63) is 41.6 Å². The van der Waals surface area contributed by atoms with Crippen LogP contribution in [-0.2, 0) is 4.79 Å². The number of hydrogen-bond acceptors (Lipinski definition) is 7. The maximum atomic E-state index is 11.9. The van der Waals surface area contributed by atoms with E-state index < -0.39 is 0 Å². The predicted molar refractivity (Wildman–Crippen MR) is 124 cm³/mol. The Hall–Kier alpha value is -3.07. The van der Waals surface area contributed by atoms with E-state index in [-0.39, 0.29) is 17.9 Å². The Morgan fingerprint density at radius 3 is 2.45 bits per heavy atom. The van der Waals surface area contributed by atoms with E-state index >= 15 is 0 Å². The Balaban J connectivity index is 1.54. The minimum absolute atomic E-state index is 0.107. The van der Waals surface area contributed by atoms with Gasteiger partial charge in [-0.1, -0.05) is 0 Å². The Bertz CT molecular complexity index is 1070. The van der Waals surface area contributed by atoms with Crippen LogP contribution >= 0.6 is 11.8 Å². The van der Waals surface area contributed by atoms with Crippen LogP contribution in [-0.4, -0.2) is 32.1 Å².